The Morgan fingerprint density at radius 3 is 2.27 bits per heavy atom. The molecule has 0 aliphatic rings. The molecule has 10 heteroatoms. The van der Waals surface area contributed by atoms with Crippen molar-refractivity contribution >= 4 is 56.5 Å². The van der Waals surface area contributed by atoms with Crippen LogP contribution >= 0.6 is 23.2 Å². The van der Waals surface area contributed by atoms with Gasteiger partial charge in [-0.15, -0.1) is 0 Å². The van der Waals surface area contributed by atoms with Crippen LogP contribution in [-0.2, 0) is 19.6 Å². The lowest BCUT2D eigenvalue weighted by Gasteiger charge is -2.11. The maximum absolute atomic E-state index is 12.2. The van der Waals surface area contributed by atoms with Crippen molar-refractivity contribution in [3.63, 3.8) is 0 Å². The SMILES string of the molecule is CS(=O)(=O)Nc1ccccc1C(=O)OCC(=O)Nc1c(Cl)cccc1Cl. The fraction of sp³-hybridized carbons (Fsp3) is 0.125. The summed E-state index contributed by atoms with van der Waals surface area (Å²) in [5, 5.41) is 2.92. The van der Waals surface area contributed by atoms with Crippen LogP contribution < -0.4 is 10.0 Å². The summed E-state index contributed by atoms with van der Waals surface area (Å²) < 4.78 is 29.8. The van der Waals surface area contributed by atoms with Crippen LogP contribution in [0.5, 0.6) is 0 Å². The lowest BCUT2D eigenvalue weighted by Crippen LogP contribution is -2.22. The van der Waals surface area contributed by atoms with Crippen LogP contribution in [0.1, 0.15) is 10.4 Å². The number of nitrogens with one attached hydrogen (secondary N) is 2. The van der Waals surface area contributed by atoms with Gasteiger partial charge in [-0.05, 0) is 24.3 Å². The molecule has 0 atom stereocenters. The zero-order valence-corrected chi connectivity index (χ0v) is 15.8. The Bertz CT molecular complexity index is 927. The van der Waals surface area contributed by atoms with Gasteiger partial charge in [0.15, 0.2) is 6.61 Å². The zero-order chi connectivity index (χ0) is 19.3. The number of carbonyl (C=O) groups excluding carboxylic acids is 2. The first-order valence-corrected chi connectivity index (χ1v) is 9.80. The highest BCUT2D eigenvalue weighted by Gasteiger charge is 2.17. The summed E-state index contributed by atoms with van der Waals surface area (Å²) in [5.41, 5.74) is 0.229. The van der Waals surface area contributed by atoms with Crippen molar-refractivity contribution in [3.05, 3.63) is 58.1 Å². The van der Waals surface area contributed by atoms with Crippen molar-refractivity contribution in [2.75, 3.05) is 22.9 Å². The van der Waals surface area contributed by atoms with Gasteiger partial charge in [-0.3, -0.25) is 9.52 Å². The van der Waals surface area contributed by atoms with Gasteiger partial charge in [0.25, 0.3) is 5.91 Å². The fourth-order valence-corrected chi connectivity index (χ4v) is 3.02. The predicted molar refractivity (Wildman–Crippen MR) is 100 cm³/mol. The van der Waals surface area contributed by atoms with E-state index >= 15 is 0 Å². The molecule has 0 saturated heterocycles. The first kappa shape index (κ1) is 20.0. The Hall–Kier alpha value is -2.29. The lowest BCUT2D eigenvalue weighted by atomic mass is 10.2. The molecular formula is C16H14Cl2N2O5S. The number of sulfonamides is 1. The summed E-state index contributed by atoms with van der Waals surface area (Å²) >= 11 is 11.9. The molecular weight excluding hydrogens is 403 g/mol. The van der Waals surface area contributed by atoms with Crippen LogP contribution in [0, 0.1) is 0 Å². The minimum atomic E-state index is -3.58. The Kier molecular flexibility index (Phi) is 6.47. The molecule has 0 spiro atoms. The van der Waals surface area contributed by atoms with Crippen molar-refractivity contribution in [2.24, 2.45) is 0 Å². The van der Waals surface area contributed by atoms with Gasteiger partial charge in [-0.2, -0.15) is 0 Å². The zero-order valence-electron chi connectivity index (χ0n) is 13.5. The quantitative estimate of drug-likeness (QED) is 0.704. The Morgan fingerprint density at radius 1 is 1.04 bits per heavy atom. The number of halogens is 2. The van der Waals surface area contributed by atoms with Crippen molar-refractivity contribution in [3.8, 4) is 0 Å². The van der Waals surface area contributed by atoms with E-state index in [0.29, 0.717) is 0 Å². The Balaban J connectivity index is 2.04. The molecule has 138 valence electrons. The van der Waals surface area contributed by atoms with E-state index in [9.17, 15) is 18.0 Å². The van der Waals surface area contributed by atoms with E-state index in [1.807, 2.05) is 0 Å². The largest absolute Gasteiger partial charge is 0.452 e. The molecule has 0 aliphatic heterocycles. The molecule has 2 N–H and O–H groups in total. The third-order valence-corrected chi connectivity index (χ3v) is 4.22. The van der Waals surface area contributed by atoms with E-state index < -0.39 is 28.5 Å². The second-order valence-corrected chi connectivity index (χ2v) is 7.70. The average molecular weight is 417 g/mol. The summed E-state index contributed by atoms with van der Waals surface area (Å²) in [4.78, 5) is 24.1. The Morgan fingerprint density at radius 2 is 1.65 bits per heavy atom. The van der Waals surface area contributed by atoms with Crippen LogP contribution in [0.25, 0.3) is 0 Å². The first-order chi connectivity index (χ1) is 12.2. The number of benzene rings is 2. The molecule has 2 rings (SSSR count). The molecule has 0 aromatic heterocycles. The van der Waals surface area contributed by atoms with Crippen LogP contribution in [0.3, 0.4) is 0 Å². The molecule has 2 aromatic carbocycles. The Labute approximate surface area is 160 Å². The molecule has 0 unspecified atom stereocenters. The van der Waals surface area contributed by atoms with E-state index in [1.165, 1.54) is 18.2 Å². The molecule has 0 fully saturated rings. The van der Waals surface area contributed by atoms with Gasteiger partial charge in [0.2, 0.25) is 10.0 Å². The smallest absolute Gasteiger partial charge is 0.340 e. The van der Waals surface area contributed by atoms with Crippen LogP contribution in [0.15, 0.2) is 42.5 Å². The monoisotopic (exact) mass is 416 g/mol. The molecule has 7 nitrogen and oxygen atoms in total. The lowest BCUT2D eigenvalue weighted by molar-refractivity contribution is -0.119. The number of hydrogen-bond donors (Lipinski definition) is 2. The van der Waals surface area contributed by atoms with Gasteiger partial charge in [0, 0.05) is 0 Å². The molecule has 2 aromatic rings. The highest BCUT2D eigenvalue weighted by Crippen LogP contribution is 2.29. The maximum Gasteiger partial charge on any atom is 0.340 e. The number of carbonyl (C=O) groups is 2. The third-order valence-electron chi connectivity index (χ3n) is 3.00. The molecule has 0 bridgehead atoms. The van der Waals surface area contributed by atoms with Crippen molar-refractivity contribution < 1.29 is 22.7 Å². The van der Waals surface area contributed by atoms with Crippen LogP contribution in [0.2, 0.25) is 10.0 Å². The number of anilines is 2. The number of esters is 1. The molecule has 26 heavy (non-hydrogen) atoms. The van der Waals surface area contributed by atoms with Gasteiger partial charge < -0.3 is 10.1 Å². The van der Waals surface area contributed by atoms with Gasteiger partial charge in [-0.25, -0.2) is 13.2 Å². The minimum Gasteiger partial charge on any atom is -0.452 e. The van der Waals surface area contributed by atoms with Gasteiger partial charge in [0.05, 0.1) is 33.2 Å². The summed E-state index contributed by atoms with van der Waals surface area (Å²) in [6, 6.07) is 10.6. The number of amides is 1. The van der Waals surface area contributed by atoms with Crippen LogP contribution in [0.4, 0.5) is 11.4 Å². The van der Waals surface area contributed by atoms with Crippen molar-refractivity contribution in [1.82, 2.24) is 0 Å². The second kappa shape index (κ2) is 8.39. The standard InChI is InChI=1S/C16H14Cl2N2O5S/c1-26(23,24)20-13-8-3-2-5-10(13)16(22)25-9-14(21)19-15-11(17)6-4-7-12(15)18/h2-8,20H,9H2,1H3,(H,19,21). The van der Waals surface area contributed by atoms with E-state index in [0.717, 1.165) is 6.26 Å². The predicted octanol–water partition coefficient (Wildman–Crippen LogP) is 3.16. The molecule has 0 aliphatic carbocycles. The number of ether oxygens (including phenoxy) is 1. The topological polar surface area (TPSA) is 102 Å². The number of para-hydroxylation sites is 2. The highest BCUT2D eigenvalue weighted by molar-refractivity contribution is 7.92. The van der Waals surface area contributed by atoms with Gasteiger partial charge >= 0.3 is 5.97 Å². The molecule has 0 saturated carbocycles. The third kappa shape index (κ3) is 5.62. The average Bonchev–Trinajstić information content (AvgIpc) is 2.55. The summed E-state index contributed by atoms with van der Waals surface area (Å²) in [6.45, 7) is -0.604. The summed E-state index contributed by atoms with van der Waals surface area (Å²) in [7, 11) is -3.58. The van der Waals surface area contributed by atoms with Crippen LogP contribution in [-0.4, -0.2) is 33.2 Å². The van der Waals surface area contributed by atoms with Crippen molar-refractivity contribution in [1.29, 1.82) is 0 Å². The number of hydrogen-bond acceptors (Lipinski definition) is 5. The van der Waals surface area contributed by atoms with E-state index in [2.05, 4.69) is 10.0 Å². The summed E-state index contributed by atoms with van der Waals surface area (Å²) in [5.74, 6) is -1.51. The van der Waals surface area contributed by atoms with E-state index in [1.54, 1.807) is 24.3 Å². The van der Waals surface area contributed by atoms with Gasteiger partial charge in [0.1, 0.15) is 0 Å². The van der Waals surface area contributed by atoms with E-state index in [-0.39, 0.29) is 27.0 Å². The molecule has 0 heterocycles. The maximum atomic E-state index is 12.2. The second-order valence-electron chi connectivity index (χ2n) is 5.14. The minimum absolute atomic E-state index is 0.0264. The fourth-order valence-electron chi connectivity index (χ4n) is 1.95. The molecule has 1 amide bonds. The van der Waals surface area contributed by atoms with Gasteiger partial charge in [-0.1, -0.05) is 41.4 Å². The normalized spacial score (nSPS) is 10.9. The number of rotatable bonds is 6. The van der Waals surface area contributed by atoms with E-state index in [4.69, 9.17) is 27.9 Å². The van der Waals surface area contributed by atoms with Crippen molar-refractivity contribution in [2.45, 2.75) is 0 Å². The molecule has 0 radical (unpaired) electrons. The summed E-state index contributed by atoms with van der Waals surface area (Å²) in [6.07, 6.45) is 0.954. The highest BCUT2D eigenvalue weighted by atomic mass is 35.5. The first-order valence-electron chi connectivity index (χ1n) is 7.15.